The minimum atomic E-state index is 0. The zero-order valence-electron chi connectivity index (χ0n) is 13.3. The predicted molar refractivity (Wildman–Crippen MR) is 102 cm³/mol. The average molecular weight is 426 g/mol. The molecule has 0 fully saturated rings. The molecular weight excluding hydrogens is 403 g/mol. The summed E-state index contributed by atoms with van der Waals surface area (Å²) in [5, 5.41) is 10.9. The van der Waals surface area contributed by atoms with E-state index in [-0.39, 0.29) is 24.0 Å². The molecule has 1 aromatic heterocycles. The van der Waals surface area contributed by atoms with Gasteiger partial charge in [-0.2, -0.15) is 5.10 Å². The van der Waals surface area contributed by atoms with Crippen LogP contribution < -0.4 is 10.6 Å². The van der Waals surface area contributed by atoms with Crippen LogP contribution in [0.15, 0.2) is 41.9 Å². The van der Waals surface area contributed by atoms with E-state index in [1.807, 2.05) is 7.05 Å². The number of guanidine groups is 1. The van der Waals surface area contributed by atoms with Crippen molar-refractivity contribution in [3.05, 3.63) is 48.0 Å². The average Bonchev–Trinajstić information content (AvgIpc) is 3.07. The highest BCUT2D eigenvalue weighted by Gasteiger charge is 2.18. The number of nitrogens with zero attached hydrogens (tertiary/aromatic N) is 4. The number of hydrogen-bond donors (Lipinski definition) is 2. The molecule has 1 heterocycles. The van der Waals surface area contributed by atoms with Crippen molar-refractivity contribution in [3.63, 3.8) is 0 Å². The van der Waals surface area contributed by atoms with E-state index in [2.05, 4.69) is 50.0 Å². The highest BCUT2D eigenvalue weighted by atomic mass is 127. The number of fused-ring (bicyclic) bond motifs is 1. The van der Waals surface area contributed by atoms with Gasteiger partial charge in [0.05, 0.1) is 6.54 Å². The Morgan fingerprint density at radius 3 is 2.91 bits per heavy atom. The van der Waals surface area contributed by atoms with E-state index in [4.69, 9.17) is 0 Å². The van der Waals surface area contributed by atoms with Crippen molar-refractivity contribution in [2.45, 2.75) is 31.8 Å². The molecule has 124 valence electrons. The van der Waals surface area contributed by atoms with Gasteiger partial charge >= 0.3 is 0 Å². The van der Waals surface area contributed by atoms with E-state index in [1.165, 1.54) is 11.1 Å². The van der Waals surface area contributed by atoms with Gasteiger partial charge in [0.25, 0.3) is 0 Å². The SMILES string of the molecule is CN=C(NCCn1cncn1)NC1CCc2ccccc2C1.I. The van der Waals surface area contributed by atoms with Gasteiger partial charge in [-0.15, -0.1) is 24.0 Å². The smallest absolute Gasteiger partial charge is 0.191 e. The lowest BCUT2D eigenvalue weighted by molar-refractivity contribution is 0.516. The summed E-state index contributed by atoms with van der Waals surface area (Å²) in [5.41, 5.74) is 2.93. The summed E-state index contributed by atoms with van der Waals surface area (Å²) in [6.07, 6.45) is 6.59. The quantitative estimate of drug-likeness (QED) is 0.443. The van der Waals surface area contributed by atoms with Crippen LogP contribution >= 0.6 is 24.0 Å². The van der Waals surface area contributed by atoms with Crippen molar-refractivity contribution in [2.75, 3.05) is 13.6 Å². The molecule has 1 aliphatic rings. The van der Waals surface area contributed by atoms with Gasteiger partial charge in [0.2, 0.25) is 0 Å². The second-order valence-electron chi connectivity index (χ2n) is 5.51. The highest BCUT2D eigenvalue weighted by Crippen LogP contribution is 2.20. The third kappa shape index (κ3) is 4.92. The molecule has 0 amide bonds. The molecule has 0 bridgehead atoms. The first-order valence-electron chi connectivity index (χ1n) is 7.71. The normalized spacial score (nSPS) is 17.1. The Balaban J connectivity index is 0.00000192. The number of hydrogen-bond acceptors (Lipinski definition) is 3. The van der Waals surface area contributed by atoms with Crippen molar-refractivity contribution in [2.24, 2.45) is 4.99 Å². The Hall–Kier alpha value is -1.64. The van der Waals surface area contributed by atoms with Crippen molar-refractivity contribution in [1.29, 1.82) is 0 Å². The molecule has 23 heavy (non-hydrogen) atoms. The highest BCUT2D eigenvalue weighted by molar-refractivity contribution is 14.0. The minimum absolute atomic E-state index is 0. The summed E-state index contributed by atoms with van der Waals surface area (Å²) in [4.78, 5) is 8.24. The van der Waals surface area contributed by atoms with E-state index in [0.717, 1.165) is 38.3 Å². The fraction of sp³-hybridized carbons (Fsp3) is 0.438. The standard InChI is InChI=1S/C16H22N6.HI/c1-17-16(19-8-9-22-12-18-11-20-22)21-15-7-6-13-4-2-3-5-14(13)10-15;/h2-5,11-12,15H,6-10H2,1H3,(H2,17,19,21);1H. The van der Waals surface area contributed by atoms with Crippen LogP contribution in [-0.4, -0.2) is 40.4 Å². The second-order valence-corrected chi connectivity index (χ2v) is 5.51. The van der Waals surface area contributed by atoms with Crippen LogP contribution in [0.2, 0.25) is 0 Å². The first kappa shape index (κ1) is 17.7. The Labute approximate surface area is 153 Å². The van der Waals surface area contributed by atoms with E-state index in [0.29, 0.717) is 6.04 Å². The first-order valence-corrected chi connectivity index (χ1v) is 7.71. The maximum atomic E-state index is 4.31. The molecule has 0 saturated heterocycles. The molecule has 1 unspecified atom stereocenters. The number of aromatic nitrogens is 3. The van der Waals surface area contributed by atoms with Gasteiger partial charge in [0.1, 0.15) is 12.7 Å². The van der Waals surface area contributed by atoms with E-state index in [9.17, 15) is 0 Å². The molecule has 0 saturated carbocycles. The maximum absolute atomic E-state index is 4.31. The molecule has 6 nitrogen and oxygen atoms in total. The van der Waals surface area contributed by atoms with Crippen LogP contribution in [0.3, 0.4) is 0 Å². The summed E-state index contributed by atoms with van der Waals surface area (Å²) < 4.78 is 1.80. The molecule has 0 spiro atoms. The number of rotatable bonds is 4. The minimum Gasteiger partial charge on any atom is -0.355 e. The molecule has 2 N–H and O–H groups in total. The topological polar surface area (TPSA) is 67.1 Å². The van der Waals surface area contributed by atoms with Gasteiger partial charge < -0.3 is 10.6 Å². The lowest BCUT2D eigenvalue weighted by atomic mass is 9.88. The molecule has 1 aromatic carbocycles. The largest absolute Gasteiger partial charge is 0.355 e. The maximum Gasteiger partial charge on any atom is 0.191 e. The fourth-order valence-electron chi connectivity index (χ4n) is 2.85. The summed E-state index contributed by atoms with van der Waals surface area (Å²) in [6, 6.07) is 9.14. The molecule has 0 aliphatic heterocycles. The van der Waals surface area contributed by atoms with E-state index < -0.39 is 0 Å². The summed E-state index contributed by atoms with van der Waals surface area (Å²) in [5.74, 6) is 0.851. The van der Waals surface area contributed by atoms with Crippen LogP contribution in [0.25, 0.3) is 0 Å². The zero-order chi connectivity index (χ0) is 15.2. The monoisotopic (exact) mass is 426 g/mol. The van der Waals surface area contributed by atoms with E-state index in [1.54, 1.807) is 17.3 Å². The van der Waals surface area contributed by atoms with Crippen molar-refractivity contribution < 1.29 is 0 Å². The first-order chi connectivity index (χ1) is 10.8. The molecule has 3 rings (SSSR count). The van der Waals surface area contributed by atoms with Crippen LogP contribution in [0.4, 0.5) is 0 Å². The molecule has 1 atom stereocenters. The Kier molecular flexibility index (Phi) is 6.82. The van der Waals surface area contributed by atoms with Gasteiger partial charge in [-0.05, 0) is 30.4 Å². The van der Waals surface area contributed by atoms with E-state index >= 15 is 0 Å². The van der Waals surface area contributed by atoms with Gasteiger partial charge in [-0.1, -0.05) is 24.3 Å². The van der Waals surface area contributed by atoms with Gasteiger partial charge in [0, 0.05) is 19.6 Å². The molecule has 7 heteroatoms. The summed E-state index contributed by atoms with van der Waals surface area (Å²) in [7, 11) is 1.81. The van der Waals surface area contributed by atoms with Gasteiger partial charge in [0.15, 0.2) is 5.96 Å². The van der Waals surface area contributed by atoms with Crippen LogP contribution in [-0.2, 0) is 19.4 Å². The number of benzene rings is 1. The fourth-order valence-corrected chi connectivity index (χ4v) is 2.85. The Bertz CT molecular complexity index is 625. The summed E-state index contributed by atoms with van der Waals surface area (Å²) >= 11 is 0. The molecular formula is C16H23IN6. The second kappa shape index (κ2) is 8.85. The van der Waals surface area contributed by atoms with Crippen LogP contribution in [0, 0.1) is 0 Å². The van der Waals surface area contributed by atoms with Crippen LogP contribution in [0.1, 0.15) is 17.5 Å². The molecule has 1 aliphatic carbocycles. The lowest BCUT2D eigenvalue weighted by Gasteiger charge is -2.27. The van der Waals surface area contributed by atoms with Crippen LogP contribution in [0.5, 0.6) is 0 Å². The van der Waals surface area contributed by atoms with Gasteiger partial charge in [-0.25, -0.2) is 4.98 Å². The number of nitrogens with one attached hydrogen (secondary N) is 2. The predicted octanol–water partition coefficient (Wildman–Crippen LogP) is 1.62. The third-order valence-corrected chi connectivity index (χ3v) is 4.01. The summed E-state index contributed by atoms with van der Waals surface area (Å²) in [6.45, 7) is 1.54. The Morgan fingerprint density at radius 1 is 1.35 bits per heavy atom. The number of aryl methyl sites for hydroxylation is 1. The van der Waals surface area contributed by atoms with Crippen molar-refractivity contribution >= 4 is 29.9 Å². The van der Waals surface area contributed by atoms with Gasteiger partial charge in [-0.3, -0.25) is 9.67 Å². The van der Waals surface area contributed by atoms with Crippen molar-refractivity contribution in [3.8, 4) is 0 Å². The Morgan fingerprint density at radius 2 is 2.17 bits per heavy atom. The zero-order valence-corrected chi connectivity index (χ0v) is 15.6. The third-order valence-electron chi connectivity index (χ3n) is 4.01. The van der Waals surface area contributed by atoms with Crippen molar-refractivity contribution in [1.82, 2.24) is 25.4 Å². The molecule has 2 aromatic rings. The molecule has 0 radical (unpaired) electrons. The number of aliphatic imine (C=N–C) groups is 1. The lowest BCUT2D eigenvalue weighted by Crippen LogP contribution is -2.46. The number of halogens is 1.